The molecular formula is C14H20BrNO5S2. The van der Waals surface area contributed by atoms with E-state index in [-0.39, 0.29) is 22.4 Å². The van der Waals surface area contributed by atoms with Crippen LogP contribution in [0.25, 0.3) is 0 Å². The summed E-state index contributed by atoms with van der Waals surface area (Å²) in [5, 5.41) is 0. The minimum atomic E-state index is -3.78. The lowest BCUT2D eigenvalue weighted by Crippen LogP contribution is -2.43. The Kier molecular flexibility index (Phi) is 5.89. The zero-order chi connectivity index (χ0) is 17.3. The Balaban J connectivity index is 2.39. The lowest BCUT2D eigenvalue weighted by atomic mass is 10.1. The van der Waals surface area contributed by atoms with Gasteiger partial charge < -0.3 is 4.74 Å². The number of halogens is 1. The van der Waals surface area contributed by atoms with E-state index in [0.717, 1.165) is 12.7 Å². The highest BCUT2D eigenvalue weighted by Gasteiger charge is 2.32. The van der Waals surface area contributed by atoms with Crippen molar-refractivity contribution < 1.29 is 21.6 Å². The van der Waals surface area contributed by atoms with Crippen molar-refractivity contribution >= 4 is 35.8 Å². The number of rotatable bonds is 5. The normalized spacial score (nSPS) is 20.6. The SMILES string of the molecule is CCOC1CCCN(S(=O)(=O)c2cc(S(C)(=O)=O)ccc2Br)C1. The Bertz CT molecular complexity index is 774. The van der Waals surface area contributed by atoms with Crippen molar-refractivity contribution in [3.63, 3.8) is 0 Å². The average Bonchev–Trinajstić information content (AvgIpc) is 2.47. The van der Waals surface area contributed by atoms with E-state index < -0.39 is 19.9 Å². The van der Waals surface area contributed by atoms with Crippen LogP contribution in [0.1, 0.15) is 19.8 Å². The van der Waals surface area contributed by atoms with Crippen molar-refractivity contribution in [2.45, 2.75) is 35.7 Å². The summed E-state index contributed by atoms with van der Waals surface area (Å²) in [5.41, 5.74) is 0. The number of hydrogen-bond acceptors (Lipinski definition) is 5. The predicted octanol–water partition coefficient (Wildman–Crippen LogP) is 2.04. The quantitative estimate of drug-likeness (QED) is 0.720. The van der Waals surface area contributed by atoms with Gasteiger partial charge >= 0.3 is 0 Å². The van der Waals surface area contributed by atoms with E-state index in [1.807, 2.05) is 6.92 Å². The van der Waals surface area contributed by atoms with Gasteiger partial charge in [0.1, 0.15) is 0 Å². The lowest BCUT2D eigenvalue weighted by molar-refractivity contribution is 0.0265. The summed E-state index contributed by atoms with van der Waals surface area (Å²) in [6, 6.07) is 4.05. The summed E-state index contributed by atoms with van der Waals surface area (Å²) in [6.07, 6.45) is 2.47. The molecule has 0 spiro atoms. The van der Waals surface area contributed by atoms with Gasteiger partial charge in [0.15, 0.2) is 9.84 Å². The van der Waals surface area contributed by atoms with Gasteiger partial charge in [-0.2, -0.15) is 4.31 Å². The molecular weight excluding hydrogens is 406 g/mol. The number of sulfone groups is 1. The van der Waals surface area contributed by atoms with E-state index in [1.165, 1.54) is 22.5 Å². The molecule has 1 aromatic carbocycles. The number of nitrogens with zero attached hydrogens (tertiary/aromatic N) is 1. The Morgan fingerprint density at radius 3 is 2.61 bits per heavy atom. The van der Waals surface area contributed by atoms with Crippen molar-refractivity contribution in [3.05, 3.63) is 22.7 Å². The molecule has 0 aliphatic carbocycles. The van der Waals surface area contributed by atoms with Crippen LogP contribution in [0.15, 0.2) is 32.5 Å². The van der Waals surface area contributed by atoms with E-state index in [0.29, 0.717) is 24.0 Å². The van der Waals surface area contributed by atoms with Gasteiger partial charge in [0.05, 0.1) is 15.9 Å². The molecule has 0 N–H and O–H groups in total. The van der Waals surface area contributed by atoms with Crippen molar-refractivity contribution in [2.75, 3.05) is 26.0 Å². The van der Waals surface area contributed by atoms with Gasteiger partial charge in [-0.25, -0.2) is 16.8 Å². The molecule has 1 unspecified atom stereocenters. The predicted molar refractivity (Wildman–Crippen MR) is 90.7 cm³/mol. The Hall–Kier alpha value is -0.480. The van der Waals surface area contributed by atoms with Crippen LogP contribution in [0.3, 0.4) is 0 Å². The van der Waals surface area contributed by atoms with Gasteiger partial charge in [0, 0.05) is 30.4 Å². The van der Waals surface area contributed by atoms with E-state index in [2.05, 4.69) is 15.9 Å². The third-order valence-electron chi connectivity index (χ3n) is 3.69. The molecule has 0 radical (unpaired) electrons. The minimum absolute atomic E-state index is 0.0161. The van der Waals surface area contributed by atoms with Crippen LogP contribution >= 0.6 is 15.9 Å². The van der Waals surface area contributed by atoms with E-state index in [9.17, 15) is 16.8 Å². The van der Waals surface area contributed by atoms with Crippen molar-refractivity contribution in [2.24, 2.45) is 0 Å². The topological polar surface area (TPSA) is 80.8 Å². The summed E-state index contributed by atoms with van der Waals surface area (Å²) in [4.78, 5) is -0.0461. The van der Waals surface area contributed by atoms with Gasteiger partial charge in [0.2, 0.25) is 10.0 Å². The fourth-order valence-electron chi connectivity index (χ4n) is 2.55. The second-order valence-electron chi connectivity index (χ2n) is 5.45. The fourth-order valence-corrected chi connectivity index (χ4v) is 5.73. The molecule has 6 nitrogen and oxygen atoms in total. The highest BCUT2D eigenvalue weighted by Crippen LogP contribution is 2.29. The number of sulfonamides is 1. The molecule has 1 heterocycles. The average molecular weight is 426 g/mol. The number of ether oxygens (including phenoxy) is 1. The number of hydrogen-bond donors (Lipinski definition) is 0. The second kappa shape index (κ2) is 7.18. The molecule has 1 atom stereocenters. The zero-order valence-corrected chi connectivity index (χ0v) is 16.2. The van der Waals surface area contributed by atoms with E-state index >= 15 is 0 Å². The number of piperidine rings is 1. The van der Waals surface area contributed by atoms with E-state index in [1.54, 1.807) is 0 Å². The van der Waals surface area contributed by atoms with Gasteiger partial charge in [-0.15, -0.1) is 0 Å². The van der Waals surface area contributed by atoms with Crippen molar-refractivity contribution in [3.8, 4) is 0 Å². The summed E-state index contributed by atoms with van der Waals surface area (Å²) in [7, 11) is -7.27. The molecule has 0 bridgehead atoms. The molecule has 1 fully saturated rings. The zero-order valence-electron chi connectivity index (χ0n) is 13.0. The first kappa shape index (κ1) is 18.9. The largest absolute Gasteiger partial charge is 0.377 e. The van der Waals surface area contributed by atoms with Gasteiger partial charge in [0.25, 0.3) is 0 Å². The van der Waals surface area contributed by atoms with Crippen LogP contribution in [-0.4, -0.2) is 53.2 Å². The maximum atomic E-state index is 12.9. The van der Waals surface area contributed by atoms with Crippen molar-refractivity contribution in [1.29, 1.82) is 0 Å². The first-order valence-electron chi connectivity index (χ1n) is 7.27. The van der Waals surface area contributed by atoms with Gasteiger partial charge in [-0.1, -0.05) is 0 Å². The highest BCUT2D eigenvalue weighted by molar-refractivity contribution is 9.10. The highest BCUT2D eigenvalue weighted by atomic mass is 79.9. The molecule has 1 aliphatic rings. The Morgan fingerprint density at radius 1 is 1.30 bits per heavy atom. The van der Waals surface area contributed by atoms with Crippen LogP contribution in [0.2, 0.25) is 0 Å². The molecule has 1 saturated heterocycles. The maximum absolute atomic E-state index is 12.9. The van der Waals surface area contributed by atoms with Crippen LogP contribution in [0, 0.1) is 0 Å². The standard InChI is InChI=1S/C14H20BrNO5S2/c1-3-21-11-5-4-8-16(10-11)23(19,20)14-9-12(22(2,17)18)6-7-13(14)15/h6-7,9,11H,3-5,8,10H2,1-2H3. The van der Waals surface area contributed by atoms with Crippen molar-refractivity contribution in [1.82, 2.24) is 4.31 Å². The van der Waals surface area contributed by atoms with Crippen LogP contribution in [0.4, 0.5) is 0 Å². The van der Waals surface area contributed by atoms with E-state index in [4.69, 9.17) is 4.74 Å². The van der Waals surface area contributed by atoms with Gasteiger partial charge in [-0.05, 0) is 53.9 Å². The van der Waals surface area contributed by atoms with Crippen LogP contribution in [0.5, 0.6) is 0 Å². The summed E-state index contributed by atoms with van der Waals surface area (Å²) >= 11 is 3.21. The second-order valence-corrected chi connectivity index (χ2v) is 10.2. The molecule has 1 aromatic rings. The van der Waals surface area contributed by atoms with Crippen LogP contribution < -0.4 is 0 Å². The smallest absolute Gasteiger partial charge is 0.244 e. The molecule has 0 aromatic heterocycles. The molecule has 130 valence electrons. The summed E-state index contributed by atoms with van der Waals surface area (Å²) < 4.78 is 56.4. The number of benzene rings is 1. The Labute approximate surface area is 145 Å². The fraction of sp³-hybridized carbons (Fsp3) is 0.571. The third-order valence-corrected chi connectivity index (χ3v) is 7.66. The summed E-state index contributed by atoms with van der Waals surface area (Å²) in [5.74, 6) is 0. The molecule has 9 heteroatoms. The molecule has 1 aliphatic heterocycles. The first-order chi connectivity index (χ1) is 10.7. The summed E-state index contributed by atoms with van der Waals surface area (Å²) in [6.45, 7) is 3.10. The molecule has 0 amide bonds. The lowest BCUT2D eigenvalue weighted by Gasteiger charge is -2.31. The molecule has 23 heavy (non-hydrogen) atoms. The monoisotopic (exact) mass is 425 g/mol. The maximum Gasteiger partial charge on any atom is 0.244 e. The van der Waals surface area contributed by atoms with Crippen LogP contribution in [-0.2, 0) is 24.6 Å². The minimum Gasteiger partial charge on any atom is -0.377 e. The third kappa shape index (κ3) is 4.33. The van der Waals surface area contributed by atoms with Gasteiger partial charge in [-0.3, -0.25) is 0 Å². The Morgan fingerprint density at radius 2 is 2.00 bits per heavy atom. The molecule has 0 saturated carbocycles. The molecule has 2 rings (SSSR count). The first-order valence-corrected chi connectivity index (χ1v) is 11.4.